The lowest BCUT2D eigenvalue weighted by molar-refractivity contribution is -0.134. The minimum Gasteiger partial charge on any atom is -0.493 e. The molecular weight excluding hydrogens is 658 g/mol. The molecule has 0 radical (unpaired) electrons. The predicted octanol–water partition coefficient (Wildman–Crippen LogP) is 5.42. The number of amides is 2. The number of rotatable bonds is 25. The zero-order valence-electron chi connectivity index (χ0n) is 32.4. The molecule has 0 bridgehead atoms. The van der Waals surface area contributed by atoms with Gasteiger partial charge in [-0.05, 0) is 74.2 Å². The van der Waals surface area contributed by atoms with Crippen molar-refractivity contribution >= 4 is 11.8 Å². The fourth-order valence-electron chi connectivity index (χ4n) is 5.95. The molecule has 2 aromatic carbocycles. The van der Waals surface area contributed by atoms with Crippen molar-refractivity contribution in [1.82, 2.24) is 25.9 Å². The average Bonchev–Trinajstić information content (AvgIpc) is 3.66. The van der Waals surface area contributed by atoms with Gasteiger partial charge >= 0.3 is 0 Å². The molecule has 11 nitrogen and oxygen atoms in total. The molecule has 2 amide bonds. The van der Waals surface area contributed by atoms with Crippen LogP contribution in [0, 0.1) is 31.6 Å². The Labute approximate surface area is 311 Å². The van der Waals surface area contributed by atoms with Gasteiger partial charge in [0.05, 0.1) is 38.3 Å². The monoisotopic (exact) mass is 721 g/mol. The topological polar surface area (TPSA) is 147 Å². The molecule has 52 heavy (non-hydrogen) atoms. The number of nitrogens with one attached hydrogen (secondary N) is 4. The van der Waals surface area contributed by atoms with Gasteiger partial charge in [0.15, 0.2) is 0 Å². The van der Waals surface area contributed by atoms with E-state index in [0.29, 0.717) is 32.9 Å². The summed E-state index contributed by atoms with van der Waals surface area (Å²) in [4.78, 5) is 34.5. The van der Waals surface area contributed by atoms with E-state index in [2.05, 4.69) is 25.9 Å². The first-order valence-corrected chi connectivity index (χ1v) is 18.8. The van der Waals surface area contributed by atoms with Gasteiger partial charge in [0.25, 0.3) is 0 Å². The molecule has 0 unspecified atom stereocenters. The van der Waals surface area contributed by atoms with Crippen LogP contribution in [-0.4, -0.2) is 78.6 Å². The Hall–Kier alpha value is -3.77. The lowest BCUT2D eigenvalue weighted by Gasteiger charge is -2.31. The van der Waals surface area contributed by atoms with Crippen molar-refractivity contribution in [3.63, 3.8) is 0 Å². The number of imidazole rings is 1. The van der Waals surface area contributed by atoms with Gasteiger partial charge in [-0.25, -0.2) is 4.98 Å². The van der Waals surface area contributed by atoms with E-state index in [4.69, 9.17) is 14.2 Å². The van der Waals surface area contributed by atoms with Crippen LogP contribution in [-0.2, 0) is 38.6 Å². The summed E-state index contributed by atoms with van der Waals surface area (Å²) in [5.74, 6) is -0.292. The normalized spacial score (nSPS) is 14.4. The Balaban J connectivity index is 1.66. The second-order valence-electron chi connectivity index (χ2n) is 14.3. The number of aryl methyl sites for hydroxylation is 3. The molecule has 0 spiro atoms. The SMILES string of the molecule is CC[C@H](C)[C@H](NC(=O)[C@@H](C[C@H](O)[C@H](COCc1ccc(C)c(OCCCOC)c1)NCCCc1cnc[nH]1)C(C)C)C(=O)NCc1ccc(C)cc1. The number of nitrogens with zero attached hydrogens (tertiary/aromatic N) is 1. The Morgan fingerprint density at radius 2 is 1.73 bits per heavy atom. The number of aromatic amines is 1. The predicted molar refractivity (Wildman–Crippen MR) is 205 cm³/mol. The number of hydrogen-bond donors (Lipinski definition) is 5. The van der Waals surface area contributed by atoms with Gasteiger partial charge < -0.3 is 40.3 Å². The molecule has 0 aliphatic heterocycles. The number of ether oxygens (including phenoxy) is 3. The first-order chi connectivity index (χ1) is 25.0. The number of aromatic nitrogens is 2. The third-order valence-electron chi connectivity index (χ3n) is 9.64. The van der Waals surface area contributed by atoms with E-state index in [-0.39, 0.29) is 36.7 Å². The molecule has 3 aromatic rings. The van der Waals surface area contributed by atoms with Crippen LogP contribution in [0.4, 0.5) is 0 Å². The molecule has 0 saturated carbocycles. The van der Waals surface area contributed by atoms with Crippen molar-refractivity contribution in [1.29, 1.82) is 0 Å². The van der Waals surface area contributed by atoms with Crippen LogP contribution in [0.5, 0.6) is 5.75 Å². The van der Waals surface area contributed by atoms with Crippen LogP contribution < -0.4 is 20.7 Å². The summed E-state index contributed by atoms with van der Waals surface area (Å²) < 4.78 is 17.3. The van der Waals surface area contributed by atoms with E-state index >= 15 is 0 Å². The molecule has 11 heteroatoms. The molecule has 5 atom stereocenters. The van der Waals surface area contributed by atoms with Gasteiger partial charge in [0.2, 0.25) is 11.8 Å². The van der Waals surface area contributed by atoms with Crippen LogP contribution in [0.1, 0.15) is 81.3 Å². The maximum absolute atomic E-state index is 13.9. The number of H-pyrrole nitrogens is 1. The maximum atomic E-state index is 13.9. The average molecular weight is 722 g/mol. The molecule has 288 valence electrons. The maximum Gasteiger partial charge on any atom is 0.243 e. The lowest BCUT2D eigenvalue weighted by atomic mass is 9.86. The van der Waals surface area contributed by atoms with E-state index < -0.39 is 24.1 Å². The number of hydrogen-bond acceptors (Lipinski definition) is 8. The fourth-order valence-corrected chi connectivity index (χ4v) is 5.95. The fraction of sp³-hybridized carbons (Fsp3) is 0.585. The Bertz CT molecular complexity index is 1450. The number of aliphatic hydroxyl groups is 1. The van der Waals surface area contributed by atoms with Gasteiger partial charge in [-0.1, -0.05) is 76.1 Å². The molecule has 3 rings (SSSR count). The summed E-state index contributed by atoms with van der Waals surface area (Å²) in [5.41, 5.74) is 5.21. The summed E-state index contributed by atoms with van der Waals surface area (Å²) in [7, 11) is 1.68. The molecule has 0 aliphatic rings. The first-order valence-electron chi connectivity index (χ1n) is 18.8. The summed E-state index contributed by atoms with van der Waals surface area (Å²) in [6.45, 7) is 14.8. The largest absolute Gasteiger partial charge is 0.493 e. The first kappa shape index (κ1) is 42.6. The van der Waals surface area contributed by atoms with Crippen molar-refractivity contribution in [3.05, 3.63) is 82.9 Å². The minimum absolute atomic E-state index is 0.0698. The number of benzene rings is 2. The third-order valence-corrected chi connectivity index (χ3v) is 9.64. The minimum atomic E-state index is -0.875. The zero-order valence-corrected chi connectivity index (χ0v) is 32.4. The van der Waals surface area contributed by atoms with E-state index in [1.807, 2.05) is 90.2 Å². The van der Waals surface area contributed by atoms with E-state index in [1.54, 1.807) is 13.4 Å². The molecule has 0 saturated heterocycles. The van der Waals surface area contributed by atoms with Crippen LogP contribution in [0.15, 0.2) is 55.0 Å². The van der Waals surface area contributed by atoms with Crippen LogP contribution in [0.25, 0.3) is 0 Å². The Morgan fingerprint density at radius 1 is 0.981 bits per heavy atom. The van der Waals surface area contributed by atoms with E-state index in [1.165, 1.54) is 0 Å². The number of carbonyl (C=O) groups is 2. The van der Waals surface area contributed by atoms with E-state index in [0.717, 1.165) is 59.4 Å². The van der Waals surface area contributed by atoms with Gasteiger partial charge in [0, 0.05) is 44.5 Å². The standard InChI is InChI=1S/C41H63N5O6/c1-8-30(5)39(41(49)44-23-32-15-12-29(4)13-16-32)46-40(48)35(28(2)3)22-37(47)36(43-18-9-11-34-24-42-27-45-34)26-51-25-33-17-14-31(6)38(21-33)52-20-10-19-50-7/h12-17,21,24,27-28,30,35-37,39,43,47H,8-11,18-20,22-23,25-26H2,1-7H3,(H,42,45)(H,44,49)(H,46,48)/t30-,35-,36-,37-,39-/m0/s1. The van der Waals surface area contributed by atoms with Crippen LogP contribution >= 0.6 is 0 Å². The molecule has 1 aromatic heterocycles. The lowest BCUT2D eigenvalue weighted by Crippen LogP contribution is -2.53. The molecule has 0 fully saturated rings. The van der Waals surface area contributed by atoms with Gasteiger partial charge in [-0.3, -0.25) is 9.59 Å². The van der Waals surface area contributed by atoms with Crippen molar-refractivity contribution in [3.8, 4) is 5.75 Å². The molecule has 5 N–H and O–H groups in total. The van der Waals surface area contributed by atoms with E-state index in [9.17, 15) is 14.7 Å². The van der Waals surface area contributed by atoms with Gasteiger partial charge in [0.1, 0.15) is 11.8 Å². The second-order valence-corrected chi connectivity index (χ2v) is 14.3. The molecule has 1 heterocycles. The van der Waals surface area contributed by atoms with Crippen molar-refractivity contribution < 1.29 is 28.9 Å². The third kappa shape index (κ3) is 14.7. The quantitative estimate of drug-likeness (QED) is 0.0730. The van der Waals surface area contributed by atoms with Crippen molar-refractivity contribution in [2.45, 2.75) is 105 Å². The highest BCUT2D eigenvalue weighted by Gasteiger charge is 2.33. The summed E-state index contributed by atoms with van der Waals surface area (Å²) in [5, 5.41) is 21.2. The Kier molecular flexibility index (Phi) is 18.9. The summed E-state index contributed by atoms with van der Waals surface area (Å²) in [6, 6.07) is 12.9. The highest BCUT2D eigenvalue weighted by Crippen LogP contribution is 2.23. The van der Waals surface area contributed by atoms with Crippen molar-refractivity contribution in [2.24, 2.45) is 17.8 Å². The van der Waals surface area contributed by atoms with Crippen molar-refractivity contribution in [2.75, 3.05) is 33.5 Å². The number of aliphatic hydroxyl groups excluding tert-OH is 1. The highest BCUT2D eigenvalue weighted by molar-refractivity contribution is 5.88. The number of carbonyl (C=O) groups excluding carboxylic acids is 2. The Morgan fingerprint density at radius 3 is 2.40 bits per heavy atom. The second kappa shape index (κ2) is 23.0. The molecule has 0 aliphatic carbocycles. The smallest absolute Gasteiger partial charge is 0.243 e. The van der Waals surface area contributed by atoms with Crippen LogP contribution in [0.2, 0.25) is 0 Å². The summed E-state index contributed by atoms with van der Waals surface area (Å²) >= 11 is 0. The molecular formula is C41H63N5O6. The zero-order chi connectivity index (χ0) is 37.9. The van der Waals surface area contributed by atoms with Crippen LogP contribution in [0.3, 0.4) is 0 Å². The number of methoxy groups -OCH3 is 1. The van der Waals surface area contributed by atoms with Gasteiger partial charge in [-0.2, -0.15) is 0 Å². The highest BCUT2D eigenvalue weighted by atomic mass is 16.5. The summed E-state index contributed by atoms with van der Waals surface area (Å²) in [6.07, 6.45) is 5.99. The van der Waals surface area contributed by atoms with Gasteiger partial charge in [-0.15, -0.1) is 0 Å².